The lowest BCUT2D eigenvalue weighted by Crippen LogP contribution is -2.27. The van der Waals surface area contributed by atoms with Crippen LogP contribution in [0.25, 0.3) is 10.9 Å². The number of nitrogens with one attached hydrogen (secondary N) is 2. The third kappa shape index (κ3) is 4.04. The minimum atomic E-state index is -0.274. The van der Waals surface area contributed by atoms with Crippen molar-refractivity contribution in [3.05, 3.63) is 90.4 Å². The van der Waals surface area contributed by atoms with Crippen molar-refractivity contribution in [3.63, 3.8) is 0 Å². The number of nitrogens with zero attached hydrogens (tertiary/aromatic N) is 1. The molecule has 1 atom stereocenters. The van der Waals surface area contributed by atoms with Gasteiger partial charge in [0.2, 0.25) is 5.91 Å². The van der Waals surface area contributed by atoms with Crippen molar-refractivity contribution in [3.8, 4) is 0 Å². The Kier molecular flexibility index (Phi) is 5.06. The molecule has 2 aromatic carbocycles. The Morgan fingerprint density at radius 1 is 0.964 bits per heavy atom. The van der Waals surface area contributed by atoms with Crippen molar-refractivity contribution < 1.29 is 4.79 Å². The second kappa shape index (κ2) is 7.96. The Balaban J connectivity index is 1.46. The first-order valence-electron chi connectivity index (χ1n) is 9.29. The number of rotatable bonds is 7. The van der Waals surface area contributed by atoms with Crippen molar-refractivity contribution in [2.24, 2.45) is 11.7 Å². The number of anilines is 2. The van der Waals surface area contributed by atoms with Crippen LogP contribution in [0.3, 0.4) is 0 Å². The summed E-state index contributed by atoms with van der Waals surface area (Å²) in [6.45, 7) is 0. The average Bonchev–Trinajstić information content (AvgIpc) is 3.13. The van der Waals surface area contributed by atoms with Crippen LogP contribution < -0.4 is 11.1 Å². The standard InChI is InChI=1S/C23H22N4O/c24-23(28)17(14-18-15-26-22-4-2-1-3-21(18)22)13-16-5-7-19(8-6-16)27-20-9-11-25-12-10-20/h1-12,15,17,26H,13-14H2,(H2,24,28)(H,25,27). The summed E-state index contributed by atoms with van der Waals surface area (Å²) in [4.78, 5) is 19.3. The third-order valence-corrected chi connectivity index (χ3v) is 4.95. The smallest absolute Gasteiger partial charge is 0.221 e. The van der Waals surface area contributed by atoms with Gasteiger partial charge in [-0.2, -0.15) is 0 Å². The maximum Gasteiger partial charge on any atom is 0.221 e. The van der Waals surface area contributed by atoms with E-state index in [2.05, 4.69) is 21.4 Å². The van der Waals surface area contributed by atoms with Gasteiger partial charge in [0.25, 0.3) is 0 Å². The first kappa shape index (κ1) is 17.8. The number of hydrogen-bond acceptors (Lipinski definition) is 3. The first-order chi connectivity index (χ1) is 13.7. The molecule has 4 aromatic rings. The average molecular weight is 370 g/mol. The minimum absolute atomic E-state index is 0.252. The molecule has 2 aromatic heterocycles. The Labute approximate surface area is 163 Å². The molecule has 0 bridgehead atoms. The first-order valence-corrected chi connectivity index (χ1v) is 9.29. The van der Waals surface area contributed by atoms with Gasteiger partial charge in [0, 0.05) is 46.8 Å². The van der Waals surface area contributed by atoms with Gasteiger partial charge in [0.15, 0.2) is 0 Å². The molecule has 1 unspecified atom stereocenters. The van der Waals surface area contributed by atoms with E-state index in [4.69, 9.17) is 5.73 Å². The van der Waals surface area contributed by atoms with E-state index in [1.165, 1.54) is 0 Å². The number of amides is 1. The maximum absolute atomic E-state index is 12.1. The van der Waals surface area contributed by atoms with Gasteiger partial charge in [-0.25, -0.2) is 0 Å². The molecule has 0 aliphatic heterocycles. The van der Waals surface area contributed by atoms with Crippen molar-refractivity contribution in [2.45, 2.75) is 12.8 Å². The van der Waals surface area contributed by atoms with Gasteiger partial charge in [-0.3, -0.25) is 9.78 Å². The van der Waals surface area contributed by atoms with E-state index in [1.807, 2.05) is 60.8 Å². The Morgan fingerprint density at radius 2 is 1.68 bits per heavy atom. The third-order valence-electron chi connectivity index (χ3n) is 4.95. The van der Waals surface area contributed by atoms with Crippen molar-refractivity contribution >= 4 is 28.2 Å². The molecule has 0 spiro atoms. The van der Waals surface area contributed by atoms with Gasteiger partial charge in [-0.05, 0) is 54.3 Å². The van der Waals surface area contributed by atoms with E-state index in [0.29, 0.717) is 12.8 Å². The molecule has 0 radical (unpaired) electrons. The summed E-state index contributed by atoms with van der Waals surface area (Å²) in [5.74, 6) is -0.525. The zero-order valence-corrected chi connectivity index (χ0v) is 15.4. The van der Waals surface area contributed by atoms with E-state index in [1.54, 1.807) is 12.4 Å². The number of aromatic nitrogens is 2. The Hall–Kier alpha value is -3.60. The fraction of sp³-hybridized carbons (Fsp3) is 0.130. The van der Waals surface area contributed by atoms with Crippen LogP contribution in [-0.4, -0.2) is 15.9 Å². The van der Waals surface area contributed by atoms with E-state index >= 15 is 0 Å². The SMILES string of the molecule is NC(=O)C(Cc1ccc(Nc2ccncc2)cc1)Cc1c[nH]c2ccccc12. The molecule has 0 saturated carbocycles. The van der Waals surface area contributed by atoms with Crippen LogP contribution in [0, 0.1) is 5.92 Å². The number of H-pyrrole nitrogens is 1. The second-order valence-electron chi connectivity index (χ2n) is 6.92. The van der Waals surface area contributed by atoms with Gasteiger partial charge in [0.05, 0.1) is 0 Å². The fourth-order valence-electron chi connectivity index (χ4n) is 3.45. The maximum atomic E-state index is 12.1. The zero-order chi connectivity index (χ0) is 19.3. The molecule has 140 valence electrons. The van der Waals surface area contributed by atoms with Crippen molar-refractivity contribution in [1.82, 2.24) is 9.97 Å². The molecule has 1 amide bonds. The molecule has 5 heteroatoms. The van der Waals surface area contributed by atoms with Gasteiger partial charge in [0.1, 0.15) is 0 Å². The quantitative estimate of drug-likeness (QED) is 0.456. The second-order valence-corrected chi connectivity index (χ2v) is 6.92. The molecular formula is C23H22N4O. The van der Waals surface area contributed by atoms with E-state index in [9.17, 15) is 4.79 Å². The summed E-state index contributed by atoms with van der Waals surface area (Å²) < 4.78 is 0. The summed E-state index contributed by atoms with van der Waals surface area (Å²) >= 11 is 0. The van der Waals surface area contributed by atoms with Crippen LogP contribution >= 0.6 is 0 Å². The largest absolute Gasteiger partial charge is 0.369 e. The zero-order valence-electron chi connectivity index (χ0n) is 15.4. The molecule has 0 aliphatic rings. The van der Waals surface area contributed by atoms with Crippen LogP contribution in [-0.2, 0) is 17.6 Å². The van der Waals surface area contributed by atoms with Gasteiger partial charge in [-0.15, -0.1) is 0 Å². The van der Waals surface area contributed by atoms with Crippen molar-refractivity contribution in [2.75, 3.05) is 5.32 Å². The lowest BCUT2D eigenvalue weighted by Gasteiger charge is -2.14. The monoisotopic (exact) mass is 370 g/mol. The van der Waals surface area contributed by atoms with E-state index < -0.39 is 0 Å². The predicted molar refractivity (Wildman–Crippen MR) is 112 cm³/mol. The Morgan fingerprint density at radius 3 is 2.43 bits per heavy atom. The van der Waals surface area contributed by atoms with Crippen LogP contribution in [0.2, 0.25) is 0 Å². The molecule has 0 fully saturated rings. The molecule has 4 N–H and O–H groups in total. The summed E-state index contributed by atoms with van der Waals surface area (Å²) in [6, 6.07) is 20.0. The highest BCUT2D eigenvalue weighted by molar-refractivity contribution is 5.84. The van der Waals surface area contributed by atoms with Crippen molar-refractivity contribution in [1.29, 1.82) is 0 Å². The number of hydrogen-bond donors (Lipinski definition) is 3. The van der Waals surface area contributed by atoms with Crippen LogP contribution in [0.1, 0.15) is 11.1 Å². The molecular weight excluding hydrogens is 348 g/mol. The number of aromatic amines is 1. The van der Waals surface area contributed by atoms with Crippen LogP contribution in [0.4, 0.5) is 11.4 Å². The highest BCUT2D eigenvalue weighted by Gasteiger charge is 2.18. The number of pyridine rings is 1. The van der Waals surface area contributed by atoms with E-state index in [-0.39, 0.29) is 11.8 Å². The number of primary amides is 1. The number of fused-ring (bicyclic) bond motifs is 1. The lowest BCUT2D eigenvalue weighted by molar-refractivity contribution is -0.121. The van der Waals surface area contributed by atoms with Crippen LogP contribution in [0.5, 0.6) is 0 Å². The highest BCUT2D eigenvalue weighted by Crippen LogP contribution is 2.23. The topological polar surface area (TPSA) is 83.8 Å². The summed E-state index contributed by atoms with van der Waals surface area (Å²) in [5.41, 5.74) is 11.0. The highest BCUT2D eigenvalue weighted by atomic mass is 16.1. The summed E-state index contributed by atoms with van der Waals surface area (Å²) in [7, 11) is 0. The Bertz CT molecular complexity index is 1070. The lowest BCUT2D eigenvalue weighted by atomic mass is 9.92. The summed E-state index contributed by atoms with van der Waals surface area (Å²) in [5, 5.41) is 4.47. The molecule has 28 heavy (non-hydrogen) atoms. The van der Waals surface area contributed by atoms with Gasteiger partial charge >= 0.3 is 0 Å². The molecule has 4 rings (SSSR count). The minimum Gasteiger partial charge on any atom is -0.369 e. The van der Waals surface area contributed by atoms with E-state index in [0.717, 1.165) is 33.4 Å². The normalized spacial score (nSPS) is 12.0. The van der Waals surface area contributed by atoms with Gasteiger partial charge < -0.3 is 16.0 Å². The number of benzene rings is 2. The number of carbonyl (C=O) groups excluding carboxylic acids is 1. The fourth-order valence-corrected chi connectivity index (χ4v) is 3.45. The predicted octanol–water partition coefficient (Wildman–Crippen LogP) is 4.19. The number of carbonyl (C=O) groups is 1. The molecule has 0 saturated heterocycles. The summed E-state index contributed by atoms with van der Waals surface area (Å²) in [6.07, 6.45) is 6.71. The van der Waals surface area contributed by atoms with Crippen LogP contribution in [0.15, 0.2) is 79.3 Å². The molecule has 5 nitrogen and oxygen atoms in total. The molecule has 0 aliphatic carbocycles. The number of nitrogens with two attached hydrogens (primary N) is 1. The number of para-hydroxylation sites is 1. The van der Waals surface area contributed by atoms with Gasteiger partial charge in [-0.1, -0.05) is 30.3 Å². The molecule has 2 heterocycles.